The van der Waals surface area contributed by atoms with Crippen molar-refractivity contribution >= 4 is 11.6 Å². The van der Waals surface area contributed by atoms with Crippen molar-refractivity contribution in [2.45, 2.75) is 61.9 Å². The molecule has 2 fully saturated rings. The number of ether oxygens (including phenoxy) is 5. The molecule has 2 aliphatic heterocycles. The molecule has 1 aliphatic carbocycles. The van der Waals surface area contributed by atoms with E-state index < -0.39 is 85.8 Å². The zero-order valence-corrected chi connectivity index (χ0v) is 21.7. The van der Waals surface area contributed by atoms with Crippen molar-refractivity contribution in [2.75, 3.05) is 20.3 Å². The van der Waals surface area contributed by atoms with Gasteiger partial charge in [0.2, 0.25) is 0 Å². The fourth-order valence-electron chi connectivity index (χ4n) is 5.09. The zero-order valence-electron chi connectivity index (χ0n) is 21.7. The number of aliphatic hydroxyl groups is 6. The van der Waals surface area contributed by atoms with Crippen molar-refractivity contribution in [1.29, 1.82) is 0 Å². The van der Waals surface area contributed by atoms with Gasteiger partial charge >= 0.3 is 0 Å². The van der Waals surface area contributed by atoms with Crippen molar-refractivity contribution in [1.82, 2.24) is 0 Å². The summed E-state index contributed by atoms with van der Waals surface area (Å²) < 4.78 is 27.2. The van der Waals surface area contributed by atoms with Gasteiger partial charge in [-0.05, 0) is 6.07 Å². The minimum absolute atomic E-state index is 0.0396. The van der Waals surface area contributed by atoms with Crippen LogP contribution in [0.1, 0.15) is 37.4 Å². The van der Waals surface area contributed by atoms with E-state index in [1.165, 1.54) is 19.2 Å². The van der Waals surface area contributed by atoms with Crippen LogP contribution in [0.3, 0.4) is 0 Å². The number of fused-ring (bicyclic) bond motifs is 2. The molecule has 0 saturated carbocycles. The molecule has 2 heterocycles. The fraction of sp³-hybridized carbons (Fsp3) is 0.481. The normalized spacial score (nSPS) is 33.3. The van der Waals surface area contributed by atoms with Gasteiger partial charge in [-0.3, -0.25) is 9.59 Å². The maximum atomic E-state index is 13.3. The first-order valence-corrected chi connectivity index (χ1v) is 12.7. The number of benzene rings is 2. The first kappa shape index (κ1) is 29.5. The minimum atomic E-state index is -1.76. The molecule has 2 aromatic carbocycles. The third kappa shape index (κ3) is 5.23. The number of aromatic hydroxyl groups is 1. The summed E-state index contributed by atoms with van der Waals surface area (Å²) in [6, 6.07) is 7.36. The molecule has 0 aromatic heterocycles. The van der Waals surface area contributed by atoms with Gasteiger partial charge in [0.1, 0.15) is 54.2 Å². The van der Waals surface area contributed by atoms with E-state index in [-0.39, 0.29) is 40.2 Å². The highest BCUT2D eigenvalue weighted by atomic mass is 16.7. The van der Waals surface area contributed by atoms with Crippen LogP contribution in [0, 0.1) is 0 Å². The summed E-state index contributed by atoms with van der Waals surface area (Å²) in [6.45, 7) is -1.33. The number of phenolic OH excluding ortho intramolecular Hbond substituents is 1. The Morgan fingerprint density at radius 3 is 2.17 bits per heavy atom. The molecule has 9 unspecified atom stereocenters. The van der Waals surface area contributed by atoms with E-state index in [0.29, 0.717) is 0 Å². The molecule has 5 rings (SSSR count). The van der Waals surface area contributed by atoms with E-state index in [1.54, 1.807) is 12.1 Å². The third-order valence-corrected chi connectivity index (χ3v) is 7.39. The maximum absolute atomic E-state index is 13.3. The first-order valence-electron chi connectivity index (χ1n) is 12.7. The molecular formula is C27H30O14. The molecule has 2 aromatic rings. The molecule has 0 spiro atoms. The van der Waals surface area contributed by atoms with Crippen LogP contribution in [0.15, 0.2) is 30.3 Å². The Labute approximate surface area is 232 Å². The molecule has 0 radical (unpaired) electrons. The molecule has 7 N–H and O–H groups in total. The van der Waals surface area contributed by atoms with E-state index in [2.05, 4.69) is 0 Å². The Morgan fingerprint density at radius 1 is 0.829 bits per heavy atom. The molecule has 2 saturated heterocycles. The number of carbonyl (C=O) groups excluding carboxylic acids is 2. The Kier molecular flexibility index (Phi) is 8.41. The van der Waals surface area contributed by atoms with Crippen molar-refractivity contribution in [3.05, 3.63) is 58.1 Å². The van der Waals surface area contributed by atoms with Crippen LogP contribution in [0.2, 0.25) is 0 Å². The van der Waals surface area contributed by atoms with Gasteiger partial charge in [0.05, 0.1) is 38.1 Å². The van der Waals surface area contributed by atoms with Crippen molar-refractivity contribution < 1.29 is 69.0 Å². The monoisotopic (exact) mass is 578 g/mol. The average molecular weight is 579 g/mol. The van der Waals surface area contributed by atoms with E-state index >= 15 is 0 Å². The highest BCUT2D eigenvalue weighted by Crippen LogP contribution is 2.41. The Bertz CT molecular complexity index is 1310. The average Bonchev–Trinajstić information content (AvgIpc) is 2.97. The summed E-state index contributed by atoms with van der Waals surface area (Å²) in [7, 11) is 1.24. The molecule has 41 heavy (non-hydrogen) atoms. The summed E-state index contributed by atoms with van der Waals surface area (Å²) in [5.41, 5.74) is 0.189. The number of carbonyl (C=O) groups is 2. The second kappa shape index (κ2) is 11.7. The predicted molar refractivity (Wildman–Crippen MR) is 133 cm³/mol. The van der Waals surface area contributed by atoms with E-state index in [0.717, 1.165) is 6.07 Å². The van der Waals surface area contributed by atoms with E-state index in [4.69, 9.17) is 23.7 Å². The number of ketones is 2. The second-order valence-corrected chi connectivity index (χ2v) is 9.94. The zero-order chi connectivity index (χ0) is 29.6. The van der Waals surface area contributed by atoms with E-state index in [1.807, 2.05) is 0 Å². The van der Waals surface area contributed by atoms with Gasteiger partial charge in [-0.25, -0.2) is 0 Å². The van der Waals surface area contributed by atoms with Gasteiger partial charge in [0.15, 0.2) is 24.1 Å². The lowest BCUT2D eigenvalue weighted by Crippen LogP contribution is -2.60. The smallest absolute Gasteiger partial charge is 0.198 e. The highest BCUT2D eigenvalue weighted by Gasteiger charge is 2.46. The Hall–Kier alpha value is -3.02. The Morgan fingerprint density at radius 2 is 1.49 bits per heavy atom. The molecule has 3 aliphatic rings. The lowest BCUT2D eigenvalue weighted by molar-refractivity contribution is -0.322. The molecule has 0 bridgehead atoms. The number of phenols is 1. The van der Waals surface area contributed by atoms with Crippen LogP contribution < -0.4 is 4.74 Å². The summed E-state index contributed by atoms with van der Waals surface area (Å²) in [5.74, 6) is -1.53. The van der Waals surface area contributed by atoms with E-state index in [9.17, 15) is 45.3 Å². The number of hydrogen-bond donors (Lipinski definition) is 7. The maximum Gasteiger partial charge on any atom is 0.198 e. The molecule has 14 nitrogen and oxygen atoms in total. The third-order valence-electron chi connectivity index (χ3n) is 7.39. The van der Waals surface area contributed by atoms with Crippen LogP contribution in [0.4, 0.5) is 0 Å². The fourth-order valence-corrected chi connectivity index (χ4v) is 5.09. The number of aliphatic hydroxyl groups excluding tert-OH is 6. The van der Waals surface area contributed by atoms with Gasteiger partial charge in [-0.15, -0.1) is 0 Å². The van der Waals surface area contributed by atoms with Crippen LogP contribution >= 0.6 is 0 Å². The number of rotatable bonds is 7. The first-order chi connectivity index (χ1) is 19.5. The summed E-state index contributed by atoms with van der Waals surface area (Å²) in [4.78, 5) is 26.3. The highest BCUT2D eigenvalue weighted by molar-refractivity contribution is 6.29. The second-order valence-electron chi connectivity index (χ2n) is 9.94. The van der Waals surface area contributed by atoms with Gasteiger partial charge in [-0.1, -0.05) is 24.3 Å². The van der Waals surface area contributed by atoms with Crippen LogP contribution in [0.25, 0.3) is 0 Å². The largest absolute Gasteiger partial charge is 0.507 e. The number of hydrogen-bond acceptors (Lipinski definition) is 14. The van der Waals surface area contributed by atoms with Crippen molar-refractivity contribution in [3.8, 4) is 11.5 Å². The SMILES string of the molecule is COc1c(COC2OC(COC3OCC(O)C(O)C3O)C(O)C(O)C2O)c(O)cc2c1C(=O)c1ccccc1C2=O. The Balaban J connectivity index is 1.33. The molecule has 0 amide bonds. The topological polar surface area (TPSA) is 222 Å². The lowest BCUT2D eigenvalue weighted by atomic mass is 9.82. The molecule has 9 atom stereocenters. The molecular weight excluding hydrogens is 548 g/mol. The summed E-state index contributed by atoms with van der Waals surface area (Å²) in [5, 5.41) is 71.5. The van der Waals surface area contributed by atoms with Crippen molar-refractivity contribution in [3.63, 3.8) is 0 Å². The molecule has 222 valence electrons. The quantitative estimate of drug-likeness (QED) is 0.160. The molecule has 14 heteroatoms. The lowest BCUT2D eigenvalue weighted by Gasteiger charge is -2.41. The van der Waals surface area contributed by atoms with Crippen molar-refractivity contribution in [2.24, 2.45) is 0 Å². The summed E-state index contributed by atoms with van der Waals surface area (Å²) >= 11 is 0. The van der Waals surface area contributed by atoms with Gasteiger partial charge in [0, 0.05) is 16.7 Å². The van der Waals surface area contributed by atoms with Gasteiger partial charge < -0.3 is 59.4 Å². The van der Waals surface area contributed by atoms with Crippen LogP contribution in [-0.2, 0) is 25.6 Å². The minimum Gasteiger partial charge on any atom is -0.507 e. The van der Waals surface area contributed by atoms with Gasteiger partial charge in [0.25, 0.3) is 0 Å². The van der Waals surface area contributed by atoms with Crippen LogP contribution in [0.5, 0.6) is 11.5 Å². The predicted octanol–water partition coefficient (Wildman–Crippen LogP) is -2.04. The van der Waals surface area contributed by atoms with Gasteiger partial charge in [-0.2, -0.15) is 0 Å². The standard InChI is InChI=1S/C27H30O14/c1-37-25-13(14(28)6-12-17(25)19(31)11-5-3-2-4-10(11)18(12)30)7-38-27-24(36)22(34)21(33)16(41-27)9-40-26-23(35)20(32)15(29)8-39-26/h2-6,15-16,20-24,26-29,32-36H,7-9H2,1H3. The summed E-state index contributed by atoms with van der Waals surface area (Å²) in [6.07, 6.45) is -13.9. The van der Waals surface area contributed by atoms with Crippen LogP contribution in [-0.4, -0.2) is 123 Å². The number of methoxy groups -OCH3 is 1.